The van der Waals surface area contributed by atoms with Crippen molar-refractivity contribution in [3.8, 4) is 0 Å². The third-order valence-electron chi connectivity index (χ3n) is 0.167. The summed E-state index contributed by atoms with van der Waals surface area (Å²) in [6.07, 6.45) is 0. The minimum atomic E-state index is 0.793. The van der Waals surface area contributed by atoms with E-state index in [0.717, 1.165) is 8.58 Å². The van der Waals surface area contributed by atoms with E-state index < -0.39 is 0 Å². The fraction of sp³-hybridized carbons (Fsp3) is 0.500. The standard InChI is InChI=1S/C2H5BP/c1-4-2-3/h2,4H,1H3. The van der Waals surface area contributed by atoms with Crippen LogP contribution in [0.15, 0.2) is 0 Å². The van der Waals surface area contributed by atoms with E-state index in [4.69, 9.17) is 7.49 Å². The summed E-state index contributed by atoms with van der Waals surface area (Å²) in [5.74, 6) is 0. The molecular weight excluding hydrogens is 65.8 g/mol. The zero-order valence-corrected chi connectivity index (χ0v) is 3.65. The van der Waals surface area contributed by atoms with Gasteiger partial charge in [0.05, 0.1) is 0 Å². The van der Waals surface area contributed by atoms with Crippen LogP contribution in [-0.2, 0) is 0 Å². The van der Waals surface area contributed by atoms with Crippen LogP contribution < -0.4 is 0 Å². The summed E-state index contributed by atoms with van der Waals surface area (Å²) in [7, 11) is 5.71. The summed E-state index contributed by atoms with van der Waals surface area (Å²) in [4.78, 5) is 0. The molecule has 0 nitrogen and oxygen atoms in total. The Kier molecular flexibility index (Phi) is 3.67. The van der Waals surface area contributed by atoms with E-state index in [0.29, 0.717) is 0 Å². The summed E-state index contributed by atoms with van der Waals surface area (Å²) in [6.45, 7) is 2.03. The molecule has 0 bridgehead atoms. The van der Waals surface area contributed by atoms with E-state index >= 15 is 0 Å². The predicted molar refractivity (Wildman–Crippen MR) is 26.1 cm³/mol. The molecule has 0 fully saturated rings. The van der Waals surface area contributed by atoms with Crippen LogP contribution in [0.2, 0.25) is 0 Å². The molecule has 0 amide bonds. The molecule has 0 heterocycles. The van der Waals surface area contributed by atoms with Gasteiger partial charge in [0.2, 0.25) is 0 Å². The molecule has 0 saturated heterocycles. The van der Waals surface area contributed by atoms with Crippen molar-refractivity contribution in [3.05, 3.63) is 0 Å². The molecule has 21 valence electrons. The molecular formula is C2H5BP. The topological polar surface area (TPSA) is 0 Å². The fourth-order valence-electron chi connectivity index (χ4n) is 0. The third kappa shape index (κ3) is 2.36. The molecule has 0 aliphatic carbocycles. The summed E-state index contributed by atoms with van der Waals surface area (Å²) < 4.78 is 0. The molecule has 2 heteroatoms. The van der Waals surface area contributed by atoms with E-state index in [1.165, 1.54) is 0 Å². The average Bonchev–Trinajstić information content (AvgIpc) is 1.37. The van der Waals surface area contributed by atoms with Gasteiger partial charge in [-0.05, 0) is 0 Å². The Labute approximate surface area is 29.5 Å². The Morgan fingerprint density at radius 1 is 2.00 bits per heavy atom. The zero-order valence-electron chi connectivity index (χ0n) is 2.65. The van der Waals surface area contributed by atoms with Crippen molar-refractivity contribution in [2.75, 3.05) is 6.66 Å². The quantitative estimate of drug-likeness (QED) is 0.306. The van der Waals surface area contributed by atoms with Crippen LogP contribution >= 0.6 is 8.58 Å². The first-order valence-electron chi connectivity index (χ1n) is 1.12. The Morgan fingerprint density at radius 3 is 2.25 bits per heavy atom. The average molecular weight is 70.8 g/mol. The number of hydrogen-bond acceptors (Lipinski definition) is 0. The maximum absolute atomic E-state index is 4.92. The monoisotopic (exact) mass is 71.0 g/mol. The van der Waals surface area contributed by atoms with Crippen molar-refractivity contribution in [2.24, 2.45) is 0 Å². The summed E-state index contributed by atoms with van der Waals surface area (Å²) >= 11 is 0. The molecule has 1 unspecified atom stereocenters. The zero-order chi connectivity index (χ0) is 3.41. The first-order valence-corrected chi connectivity index (χ1v) is 2.70. The van der Waals surface area contributed by atoms with E-state index in [1.807, 2.05) is 6.66 Å². The van der Waals surface area contributed by atoms with Crippen LogP contribution in [0.1, 0.15) is 0 Å². The van der Waals surface area contributed by atoms with Gasteiger partial charge in [-0.25, -0.2) is 0 Å². The summed E-state index contributed by atoms with van der Waals surface area (Å²) in [5, 5.41) is 0. The van der Waals surface area contributed by atoms with Gasteiger partial charge in [0.25, 0.3) is 0 Å². The van der Waals surface area contributed by atoms with Crippen molar-refractivity contribution >= 4 is 21.8 Å². The van der Waals surface area contributed by atoms with Gasteiger partial charge in [-0.3, -0.25) is 0 Å². The van der Waals surface area contributed by atoms with Gasteiger partial charge < -0.3 is 0 Å². The van der Waals surface area contributed by atoms with Gasteiger partial charge >= 0.3 is 28.4 Å². The SMILES string of the molecule is [B]=CPC. The maximum atomic E-state index is 4.92. The number of rotatable bonds is 1. The molecule has 0 aromatic rings. The van der Waals surface area contributed by atoms with Gasteiger partial charge in [-0.1, -0.05) is 0 Å². The van der Waals surface area contributed by atoms with Gasteiger partial charge in [-0.15, -0.1) is 0 Å². The summed E-state index contributed by atoms with van der Waals surface area (Å²) in [6, 6.07) is 0. The first-order chi connectivity index (χ1) is 1.91. The molecule has 1 radical (unpaired) electrons. The molecule has 0 saturated carbocycles. The van der Waals surface area contributed by atoms with Gasteiger partial charge in [0.15, 0.2) is 0 Å². The van der Waals surface area contributed by atoms with E-state index in [9.17, 15) is 0 Å². The van der Waals surface area contributed by atoms with Crippen LogP contribution in [0.5, 0.6) is 0 Å². The van der Waals surface area contributed by atoms with E-state index in [2.05, 4.69) is 0 Å². The van der Waals surface area contributed by atoms with Gasteiger partial charge in [0.1, 0.15) is 0 Å². The summed E-state index contributed by atoms with van der Waals surface area (Å²) in [5.41, 5.74) is 1.65. The molecule has 0 N–H and O–H groups in total. The molecule has 0 aliphatic heterocycles. The molecule has 0 aromatic heterocycles. The Hall–Kier alpha value is 0.365. The van der Waals surface area contributed by atoms with Crippen LogP contribution in [0.25, 0.3) is 0 Å². The molecule has 0 spiro atoms. The van der Waals surface area contributed by atoms with Crippen LogP contribution in [0, 0.1) is 0 Å². The molecule has 4 heavy (non-hydrogen) atoms. The Bertz CT molecular complexity index is 20.0. The second kappa shape index (κ2) is 3.36. The van der Waals surface area contributed by atoms with Crippen LogP contribution in [-0.4, -0.2) is 19.9 Å². The fourth-order valence-corrected chi connectivity index (χ4v) is 0. The molecule has 0 aliphatic rings. The van der Waals surface area contributed by atoms with E-state index in [1.54, 1.807) is 5.71 Å². The van der Waals surface area contributed by atoms with Crippen LogP contribution in [0.3, 0.4) is 0 Å². The molecule has 0 rings (SSSR count). The van der Waals surface area contributed by atoms with Crippen molar-refractivity contribution in [2.45, 2.75) is 0 Å². The van der Waals surface area contributed by atoms with Crippen LogP contribution in [0.4, 0.5) is 0 Å². The molecule has 0 aromatic carbocycles. The second-order valence-corrected chi connectivity index (χ2v) is 1.37. The van der Waals surface area contributed by atoms with Crippen molar-refractivity contribution in [1.29, 1.82) is 0 Å². The normalized spacial score (nSPS) is 9.00. The predicted octanol–water partition coefficient (Wildman–Crippen LogP) is 0.223. The third-order valence-corrected chi connectivity index (χ3v) is 0.500. The second-order valence-electron chi connectivity index (χ2n) is 0.455. The van der Waals surface area contributed by atoms with Crippen molar-refractivity contribution in [3.63, 3.8) is 0 Å². The Balaban J connectivity index is 2.30. The first kappa shape index (κ1) is 4.36. The molecule has 1 atom stereocenters. The van der Waals surface area contributed by atoms with Gasteiger partial charge in [-0.2, -0.15) is 0 Å². The minimum absolute atomic E-state index is 0.793. The number of hydrogen-bond donors (Lipinski definition) is 0. The van der Waals surface area contributed by atoms with E-state index in [-0.39, 0.29) is 0 Å². The van der Waals surface area contributed by atoms with Crippen molar-refractivity contribution < 1.29 is 0 Å². The van der Waals surface area contributed by atoms with Crippen molar-refractivity contribution in [1.82, 2.24) is 0 Å². The Morgan fingerprint density at radius 2 is 2.25 bits per heavy atom. The van der Waals surface area contributed by atoms with Gasteiger partial charge in [0, 0.05) is 0 Å².